The number of nitrogens with zero attached hydrogens (tertiary/aromatic N) is 4. The highest BCUT2D eigenvalue weighted by atomic mass is 16.5. The fraction of sp³-hybridized carbons (Fsp3) is 0.300. The highest BCUT2D eigenvalue weighted by Gasteiger charge is 2.04. The maximum absolute atomic E-state index is 5.49. The molecule has 0 atom stereocenters. The summed E-state index contributed by atoms with van der Waals surface area (Å²) >= 11 is 0. The second-order valence-corrected chi connectivity index (χ2v) is 3.63. The van der Waals surface area contributed by atoms with Crippen molar-refractivity contribution in [3.8, 4) is 11.6 Å². The topological polar surface area (TPSA) is 78.9 Å². The fourth-order valence-electron chi connectivity index (χ4n) is 1.19. The van der Waals surface area contributed by atoms with E-state index in [0.717, 1.165) is 0 Å². The lowest BCUT2D eigenvalue weighted by atomic mass is 10.4. The van der Waals surface area contributed by atoms with Crippen molar-refractivity contribution in [2.24, 2.45) is 0 Å². The molecule has 84 valence electrons. The van der Waals surface area contributed by atoms with Crippen molar-refractivity contribution in [1.82, 2.24) is 19.7 Å². The molecule has 2 N–H and O–H groups in total. The first kappa shape index (κ1) is 10.4. The van der Waals surface area contributed by atoms with Crippen LogP contribution in [0.2, 0.25) is 0 Å². The van der Waals surface area contributed by atoms with E-state index in [-0.39, 0.29) is 0 Å². The Balaban J connectivity index is 2.14. The minimum absolute atomic E-state index is 0.296. The maximum Gasteiger partial charge on any atom is 0.239 e. The van der Waals surface area contributed by atoms with Crippen LogP contribution in [0.4, 0.5) is 5.82 Å². The lowest BCUT2D eigenvalue weighted by Crippen LogP contribution is -1.99. The largest absolute Gasteiger partial charge is 0.434 e. The Hall–Kier alpha value is -2.11. The van der Waals surface area contributed by atoms with Gasteiger partial charge >= 0.3 is 0 Å². The molecule has 2 aromatic rings. The van der Waals surface area contributed by atoms with E-state index in [4.69, 9.17) is 10.5 Å². The van der Waals surface area contributed by atoms with Crippen LogP contribution in [-0.4, -0.2) is 19.7 Å². The van der Waals surface area contributed by atoms with Gasteiger partial charge in [0.1, 0.15) is 5.82 Å². The minimum Gasteiger partial charge on any atom is -0.434 e. The van der Waals surface area contributed by atoms with Gasteiger partial charge in [-0.15, -0.1) is 0 Å². The zero-order chi connectivity index (χ0) is 11.5. The number of hydrogen-bond donors (Lipinski definition) is 1. The fourth-order valence-corrected chi connectivity index (χ4v) is 1.19. The van der Waals surface area contributed by atoms with Crippen molar-refractivity contribution < 1.29 is 4.74 Å². The average molecular weight is 219 g/mol. The Labute approximate surface area is 93.1 Å². The van der Waals surface area contributed by atoms with Gasteiger partial charge in [-0.1, -0.05) is 0 Å². The highest BCUT2D eigenvalue weighted by Crippen LogP contribution is 2.19. The van der Waals surface area contributed by atoms with Crippen molar-refractivity contribution in [1.29, 1.82) is 0 Å². The van der Waals surface area contributed by atoms with Crippen LogP contribution < -0.4 is 10.5 Å². The first-order valence-corrected chi connectivity index (χ1v) is 4.94. The summed E-state index contributed by atoms with van der Waals surface area (Å²) in [5.74, 6) is 1.31. The Bertz CT molecular complexity index is 480. The van der Waals surface area contributed by atoms with Gasteiger partial charge in [0.05, 0.1) is 24.8 Å². The summed E-state index contributed by atoms with van der Waals surface area (Å²) in [6, 6.07) is 0.296. The molecule has 2 heterocycles. The van der Waals surface area contributed by atoms with Gasteiger partial charge in [0.15, 0.2) is 5.75 Å². The van der Waals surface area contributed by atoms with E-state index in [0.29, 0.717) is 23.5 Å². The molecular formula is C10H13N5O. The zero-order valence-corrected chi connectivity index (χ0v) is 9.16. The molecule has 0 aliphatic heterocycles. The maximum atomic E-state index is 5.49. The van der Waals surface area contributed by atoms with Crippen LogP contribution in [-0.2, 0) is 0 Å². The number of ether oxygens (including phenoxy) is 1. The van der Waals surface area contributed by atoms with Crippen molar-refractivity contribution in [3.63, 3.8) is 0 Å². The van der Waals surface area contributed by atoms with E-state index in [2.05, 4.69) is 15.1 Å². The molecule has 6 heteroatoms. The molecule has 0 amide bonds. The molecule has 0 saturated carbocycles. The van der Waals surface area contributed by atoms with E-state index in [1.165, 1.54) is 12.4 Å². The molecule has 6 nitrogen and oxygen atoms in total. The highest BCUT2D eigenvalue weighted by molar-refractivity contribution is 5.28. The second kappa shape index (κ2) is 4.18. The molecule has 0 aliphatic carbocycles. The van der Waals surface area contributed by atoms with Crippen LogP contribution in [0.1, 0.15) is 19.9 Å². The van der Waals surface area contributed by atoms with Gasteiger partial charge in [-0.2, -0.15) is 10.1 Å². The van der Waals surface area contributed by atoms with Gasteiger partial charge in [0.25, 0.3) is 0 Å². The number of rotatable bonds is 3. The van der Waals surface area contributed by atoms with Crippen LogP contribution in [0.15, 0.2) is 24.8 Å². The second-order valence-electron chi connectivity index (χ2n) is 3.63. The third-order valence-corrected chi connectivity index (χ3v) is 1.96. The van der Waals surface area contributed by atoms with Gasteiger partial charge in [-0.05, 0) is 13.8 Å². The van der Waals surface area contributed by atoms with E-state index in [9.17, 15) is 0 Å². The monoisotopic (exact) mass is 219 g/mol. The molecular weight excluding hydrogens is 206 g/mol. The number of nitrogen functional groups attached to an aromatic ring is 1. The molecule has 2 aromatic heterocycles. The molecule has 0 unspecified atom stereocenters. The molecule has 0 bridgehead atoms. The smallest absolute Gasteiger partial charge is 0.239 e. The first-order chi connectivity index (χ1) is 7.65. The van der Waals surface area contributed by atoms with Crippen LogP contribution in [0.25, 0.3) is 0 Å². The normalized spacial score (nSPS) is 10.7. The zero-order valence-electron chi connectivity index (χ0n) is 9.16. The molecule has 2 rings (SSSR count). The summed E-state index contributed by atoms with van der Waals surface area (Å²) in [6.07, 6.45) is 6.40. The Morgan fingerprint density at radius 1 is 1.31 bits per heavy atom. The molecule has 0 aromatic carbocycles. The Morgan fingerprint density at radius 2 is 2.12 bits per heavy atom. The molecule has 0 aliphatic rings. The van der Waals surface area contributed by atoms with Gasteiger partial charge < -0.3 is 10.5 Å². The van der Waals surface area contributed by atoms with E-state index in [1.807, 2.05) is 13.8 Å². The van der Waals surface area contributed by atoms with Gasteiger partial charge in [-0.3, -0.25) is 9.67 Å². The SMILES string of the molecule is CC(C)n1cc(Oc2cncc(N)n2)cn1. The van der Waals surface area contributed by atoms with Gasteiger partial charge in [-0.25, -0.2) is 0 Å². The number of anilines is 1. The summed E-state index contributed by atoms with van der Waals surface area (Å²) in [6.45, 7) is 4.08. The van der Waals surface area contributed by atoms with E-state index >= 15 is 0 Å². The summed E-state index contributed by atoms with van der Waals surface area (Å²) in [4.78, 5) is 7.86. The molecule has 0 radical (unpaired) electrons. The molecule has 16 heavy (non-hydrogen) atoms. The Kier molecular flexibility index (Phi) is 2.72. The predicted octanol–water partition coefficient (Wildman–Crippen LogP) is 1.63. The van der Waals surface area contributed by atoms with Gasteiger partial charge in [0, 0.05) is 6.04 Å². The molecule has 0 fully saturated rings. The van der Waals surface area contributed by atoms with E-state index < -0.39 is 0 Å². The third-order valence-electron chi connectivity index (χ3n) is 1.96. The standard InChI is InChI=1S/C10H13N5O/c1-7(2)15-6-8(3-13-15)16-10-5-12-4-9(11)14-10/h3-7H,1-2H3,(H2,11,14). The summed E-state index contributed by atoms with van der Waals surface area (Å²) in [5, 5.41) is 4.15. The lowest BCUT2D eigenvalue weighted by Gasteiger charge is -2.03. The van der Waals surface area contributed by atoms with Crippen molar-refractivity contribution in [2.75, 3.05) is 5.73 Å². The number of hydrogen-bond acceptors (Lipinski definition) is 5. The lowest BCUT2D eigenvalue weighted by molar-refractivity contribution is 0.457. The van der Waals surface area contributed by atoms with Crippen molar-refractivity contribution in [3.05, 3.63) is 24.8 Å². The van der Waals surface area contributed by atoms with Crippen molar-refractivity contribution >= 4 is 5.82 Å². The first-order valence-electron chi connectivity index (χ1n) is 4.94. The predicted molar refractivity (Wildman–Crippen MR) is 59.1 cm³/mol. The summed E-state index contributed by atoms with van der Waals surface area (Å²) in [5.41, 5.74) is 5.49. The van der Waals surface area contributed by atoms with Crippen LogP contribution in [0.5, 0.6) is 11.6 Å². The van der Waals surface area contributed by atoms with Crippen LogP contribution in [0, 0.1) is 0 Å². The summed E-state index contributed by atoms with van der Waals surface area (Å²) in [7, 11) is 0. The number of nitrogens with two attached hydrogens (primary N) is 1. The van der Waals surface area contributed by atoms with Crippen LogP contribution in [0.3, 0.4) is 0 Å². The number of aromatic nitrogens is 4. The van der Waals surface area contributed by atoms with Crippen molar-refractivity contribution in [2.45, 2.75) is 19.9 Å². The quantitative estimate of drug-likeness (QED) is 0.848. The molecule has 0 spiro atoms. The van der Waals surface area contributed by atoms with E-state index in [1.54, 1.807) is 17.1 Å². The minimum atomic E-state index is 0.296. The van der Waals surface area contributed by atoms with Crippen LogP contribution >= 0.6 is 0 Å². The average Bonchev–Trinajstić information content (AvgIpc) is 2.66. The summed E-state index contributed by atoms with van der Waals surface area (Å²) < 4.78 is 7.25. The van der Waals surface area contributed by atoms with Gasteiger partial charge in [0.2, 0.25) is 5.88 Å². The third kappa shape index (κ3) is 2.28. The molecule has 0 saturated heterocycles. The Morgan fingerprint density at radius 3 is 2.75 bits per heavy atom.